The molecule has 1 saturated heterocycles. The van der Waals surface area contributed by atoms with Crippen LogP contribution in [0.1, 0.15) is 17.5 Å². The van der Waals surface area contributed by atoms with E-state index in [-0.39, 0.29) is 5.82 Å². The molecule has 1 aliphatic heterocycles. The zero-order valence-electron chi connectivity index (χ0n) is 17.2. The van der Waals surface area contributed by atoms with Gasteiger partial charge < -0.3 is 9.47 Å². The van der Waals surface area contributed by atoms with E-state index in [1.54, 1.807) is 12.1 Å². The second-order valence-electron chi connectivity index (χ2n) is 7.88. The zero-order valence-corrected chi connectivity index (χ0v) is 17.2. The van der Waals surface area contributed by atoms with Crippen LogP contribution in [0.3, 0.4) is 0 Å². The van der Waals surface area contributed by atoms with Crippen molar-refractivity contribution in [2.24, 2.45) is 5.92 Å². The van der Waals surface area contributed by atoms with Crippen molar-refractivity contribution in [1.29, 1.82) is 0 Å². The summed E-state index contributed by atoms with van der Waals surface area (Å²) in [6.07, 6.45) is 2.20. The van der Waals surface area contributed by atoms with Crippen molar-refractivity contribution in [3.63, 3.8) is 0 Å². The fourth-order valence-corrected chi connectivity index (χ4v) is 3.90. The largest absolute Gasteiger partial charge is 0.492 e. The van der Waals surface area contributed by atoms with Gasteiger partial charge in [-0.1, -0.05) is 42.5 Å². The maximum atomic E-state index is 13.0. The van der Waals surface area contributed by atoms with E-state index in [0.717, 1.165) is 43.1 Å². The molecule has 0 aliphatic carbocycles. The minimum Gasteiger partial charge on any atom is -0.492 e. The highest BCUT2D eigenvalue weighted by molar-refractivity contribution is 5.31. The first-order valence-corrected chi connectivity index (χ1v) is 10.6. The molecule has 1 fully saturated rings. The second-order valence-corrected chi connectivity index (χ2v) is 7.88. The van der Waals surface area contributed by atoms with Gasteiger partial charge >= 0.3 is 0 Å². The Morgan fingerprint density at radius 2 is 1.50 bits per heavy atom. The number of hydrogen-bond donors (Lipinski definition) is 0. The molecule has 1 unspecified atom stereocenters. The Hall–Kier alpha value is -2.85. The van der Waals surface area contributed by atoms with Crippen LogP contribution in [-0.2, 0) is 13.0 Å². The summed E-state index contributed by atoms with van der Waals surface area (Å²) in [5.74, 6) is 2.18. The maximum absolute atomic E-state index is 13.0. The third kappa shape index (κ3) is 6.07. The predicted octanol–water partition coefficient (Wildman–Crippen LogP) is 5.35. The number of nitrogens with zero attached hydrogens (tertiary/aromatic N) is 1. The van der Waals surface area contributed by atoms with Crippen molar-refractivity contribution >= 4 is 0 Å². The van der Waals surface area contributed by atoms with Gasteiger partial charge in [0.2, 0.25) is 0 Å². The van der Waals surface area contributed by atoms with Crippen LogP contribution in [-0.4, -0.2) is 31.1 Å². The summed E-state index contributed by atoms with van der Waals surface area (Å²) < 4.78 is 24.8. The minimum absolute atomic E-state index is 0.167. The Bertz CT molecular complexity index is 897. The van der Waals surface area contributed by atoms with E-state index in [2.05, 4.69) is 17.0 Å². The van der Waals surface area contributed by atoms with Gasteiger partial charge in [-0.3, -0.25) is 4.90 Å². The molecule has 3 aromatic rings. The van der Waals surface area contributed by atoms with Crippen LogP contribution >= 0.6 is 0 Å². The lowest BCUT2D eigenvalue weighted by Gasteiger charge is -2.16. The van der Waals surface area contributed by atoms with E-state index in [9.17, 15) is 4.39 Å². The summed E-state index contributed by atoms with van der Waals surface area (Å²) in [5.41, 5.74) is 2.37. The van der Waals surface area contributed by atoms with E-state index >= 15 is 0 Å². The third-order valence-electron chi connectivity index (χ3n) is 5.56. The van der Waals surface area contributed by atoms with Gasteiger partial charge in [0, 0.05) is 13.1 Å². The Labute approximate surface area is 178 Å². The quantitative estimate of drug-likeness (QED) is 0.479. The van der Waals surface area contributed by atoms with E-state index in [1.807, 2.05) is 54.6 Å². The van der Waals surface area contributed by atoms with E-state index in [0.29, 0.717) is 19.1 Å². The highest BCUT2D eigenvalue weighted by atomic mass is 19.1. The summed E-state index contributed by atoms with van der Waals surface area (Å²) in [6, 6.07) is 24.9. The molecule has 0 bridgehead atoms. The van der Waals surface area contributed by atoms with Gasteiger partial charge in [0.1, 0.15) is 30.5 Å². The smallest absolute Gasteiger partial charge is 0.123 e. The number of rotatable bonds is 9. The molecule has 1 heterocycles. The van der Waals surface area contributed by atoms with Crippen molar-refractivity contribution in [3.05, 3.63) is 95.8 Å². The minimum atomic E-state index is -0.167. The summed E-state index contributed by atoms with van der Waals surface area (Å²) in [4.78, 5) is 2.45. The van der Waals surface area contributed by atoms with Crippen molar-refractivity contribution in [2.45, 2.75) is 19.4 Å². The molecule has 0 amide bonds. The van der Waals surface area contributed by atoms with Crippen molar-refractivity contribution in [1.82, 2.24) is 4.90 Å². The molecule has 1 atom stereocenters. The fraction of sp³-hybridized carbons (Fsp3) is 0.308. The van der Waals surface area contributed by atoms with E-state index < -0.39 is 0 Å². The molecule has 0 spiro atoms. The fourth-order valence-electron chi connectivity index (χ4n) is 3.90. The molecule has 3 nitrogen and oxygen atoms in total. The maximum Gasteiger partial charge on any atom is 0.123 e. The van der Waals surface area contributed by atoms with Gasteiger partial charge in [0.15, 0.2) is 0 Å². The van der Waals surface area contributed by atoms with Crippen molar-refractivity contribution in [2.75, 3.05) is 26.2 Å². The number of hydrogen-bond acceptors (Lipinski definition) is 3. The monoisotopic (exact) mass is 405 g/mol. The molecule has 1 aliphatic rings. The number of likely N-dealkylation sites (tertiary alicyclic amines) is 1. The average molecular weight is 406 g/mol. The molecular formula is C26H28FNO2. The van der Waals surface area contributed by atoms with Crippen molar-refractivity contribution < 1.29 is 13.9 Å². The van der Waals surface area contributed by atoms with Gasteiger partial charge in [-0.25, -0.2) is 4.39 Å². The summed E-state index contributed by atoms with van der Waals surface area (Å²) in [6.45, 7) is 4.34. The molecule has 0 saturated carbocycles. The molecule has 0 radical (unpaired) electrons. The lowest BCUT2D eigenvalue weighted by molar-refractivity contribution is 0.232. The normalized spacial score (nSPS) is 16.5. The Morgan fingerprint density at radius 3 is 2.23 bits per heavy atom. The SMILES string of the molecule is Fc1ccc(CC2CCN(CCOc3ccc(OCc4ccccc4)cc3)C2)cc1. The molecule has 0 N–H and O–H groups in total. The van der Waals surface area contributed by atoms with E-state index in [1.165, 1.54) is 12.0 Å². The summed E-state index contributed by atoms with van der Waals surface area (Å²) >= 11 is 0. The lowest BCUT2D eigenvalue weighted by atomic mass is 9.99. The standard InChI is InChI=1S/C26H28FNO2/c27-24-8-6-21(7-9-24)18-23-14-15-28(19-23)16-17-29-25-10-12-26(13-11-25)30-20-22-4-2-1-3-5-22/h1-13,23H,14-20H2. The average Bonchev–Trinajstić information content (AvgIpc) is 3.23. The molecule has 0 aromatic heterocycles. The number of ether oxygens (including phenoxy) is 2. The first kappa shape index (κ1) is 20.4. The Kier molecular flexibility index (Phi) is 6.99. The van der Waals surface area contributed by atoms with Crippen LogP contribution in [0.4, 0.5) is 4.39 Å². The van der Waals surface area contributed by atoms with Gasteiger partial charge in [-0.2, -0.15) is 0 Å². The third-order valence-corrected chi connectivity index (χ3v) is 5.56. The summed E-state index contributed by atoms with van der Waals surface area (Å²) in [7, 11) is 0. The molecule has 156 valence electrons. The summed E-state index contributed by atoms with van der Waals surface area (Å²) in [5, 5.41) is 0. The molecule has 3 aromatic carbocycles. The van der Waals surface area contributed by atoms with Crippen LogP contribution in [0.2, 0.25) is 0 Å². The Balaban J connectivity index is 1.15. The number of halogens is 1. The van der Waals surface area contributed by atoms with Gasteiger partial charge in [0.25, 0.3) is 0 Å². The molecule has 4 rings (SSSR count). The second kappa shape index (κ2) is 10.3. The van der Waals surface area contributed by atoms with Crippen LogP contribution in [0.5, 0.6) is 11.5 Å². The Morgan fingerprint density at radius 1 is 0.800 bits per heavy atom. The van der Waals surface area contributed by atoms with E-state index in [4.69, 9.17) is 9.47 Å². The first-order valence-electron chi connectivity index (χ1n) is 10.6. The predicted molar refractivity (Wildman–Crippen MR) is 117 cm³/mol. The van der Waals surface area contributed by atoms with Gasteiger partial charge in [0.05, 0.1) is 0 Å². The van der Waals surface area contributed by atoms with Gasteiger partial charge in [-0.15, -0.1) is 0 Å². The lowest BCUT2D eigenvalue weighted by Crippen LogP contribution is -2.26. The number of benzene rings is 3. The topological polar surface area (TPSA) is 21.7 Å². The molecule has 4 heteroatoms. The van der Waals surface area contributed by atoms with Crippen LogP contribution < -0.4 is 9.47 Å². The highest BCUT2D eigenvalue weighted by Crippen LogP contribution is 2.22. The van der Waals surface area contributed by atoms with Gasteiger partial charge in [-0.05, 0) is 72.8 Å². The van der Waals surface area contributed by atoms with Crippen LogP contribution in [0.15, 0.2) is 78.9 Å². The van der Waals surface area contributed by atoms with Crippen LogP contribution in [0.25, 0.3) is 0 Å². The zero-order chi connectivity index (χ0) is 20.6. The highest BCUT2D eigenvalue weighted by Gasteiger charge is 2.22. The molecular weight excluding hydrogens is 377 g/mol. The van der Waals surface area contributed by atoms with Crippen LogP contribution in [0, 0.1) is 11.7 Å². The van der Waals surface area contributed by atoms with Crippen molar-refractivity contribution in [3.8, 4) is 11.5 Å². The molecule has 30 heavy (non-hydrogen) atoms. The first-order chi connectivity index (χ1) is 14.7.